The molecule has 0 atom stereocenters. The van der Waals surface area contributed by atoms with Crippen molar-refractivity contribution in [1.82, 2.24) is 9.80 Å². The summed E-state index contributed by atoms with van der Waals surface area (Å²) in [6.45, 7) is 9.18. The Morgan fingerprint density at radius 3 is 2.39 bits per heavy atom. The highest BCUT2D eigenvalue weighted by atomic mass is 19.3. The van der Waals surface area contributed by atoms with Gasteiger partial charge in [0, 0.05) is 31.3 Å². The Kier molecular flexibility index (Phi) is 10.5. The predicted octanol–water partition coefficient (Wildman–Crippen LogP) is 4.14. The standard InChI is InChI=1S/C21H32F2N2O3/c1-6-24(7-2)13-14-25(15-16(3)4)19(26)12-11-17-9-8-10-18(27-5)20(17)28-21(22)23/h8-12,16,21H,6-7,13-15H2,1-5H3/b12-11+. The summed E-state index contributed by atoms with van der Waals surface area (Å²) in [6, 6.07) is 4.80. The molecule has 0 bridgehead atoms. The Morgan fingerprint density at radius 2 is 1.86 bits per heavy atom. The zero-order valence-corrected chi connectivity index (χ0v) is 17.5. The Hall–Kier alpha value is -2.15. The molecular formula is C21H32F2N2O3. The molecule has 0 radical (unpaired) electrons. The van der Waals surface area contributed by atoms with Gasteiger partial charge in [-0.05, 0) is 31.1 Å². The zero-order valence-electron chi connectivity index (χ0n) is 17.5. The molecule has 0 aliphatic rings. The first kappa shape index (κ1) is 23.9. The average molecular weight is 398 g/mol. The smallest absolute Gasteiger partial charge is 0.387 e. The van der Waals surface area contributed by atoms with E-state index in [9.17, 15) is 13.6 Å². The van der Waals surface area contributed by atoms with Crippen LogP contribution in [0.25, 0.3) is 6.08 Å². The van der Waals surface area contributed by atoms with Gasteiger partial charge in [0.25, 0.3) is 0 Å². The highest BCUT2D eigenvalue weighted by Crippen LogP contribution is 2.33. The van der Waals surface area contributed by atoms with E-state index in [1.54, 1.807) is 17.0 Å². The summed E-state index contributed by atoms with van der Waals surface area (Å²) in [4.78, 5) is 16.8. The van der Waals surface area contributed by atoms with Gasteiger partial charge in [-0.25, -0.2) is 0 Å². The number of alkyl halides is 2. The minimum atomic E-state index is -2.98. The molecule has 0 unspecified atom stereocenters. The third kappa shape index (κ3) is 7.84. The van der Waals surface area contributed by atoms with Gasteiger partial charge in [-0.3, -0.25) is 4.79 Å². The van der Waals surface area contributed by atoms with Crippen molar-refractivity contribution in [2.24, 2.45) is 5.92 Å². The third-order valence-corrected chi connectivity index (χ3v) is 4.32. The number of methoxy groups -OCH3 is 1. The van der Waals surface area contributed by atoms with E-state index in [0.717, 1.165) is 19.6 Å². The highest BCUT2D eigenvalue weighted by Gasteiger charge is 2.16. The van der Waals surface area contributed by atoms with Crippen molar-refractivity contribution >= 4 is 12.0 Å². The summed E-state index contributed by atoms with van der Waals surface area (Å²) < 4.78 is 35.2. The molecule has 7 heteroatoms. The first-order valence-corrected chi connectivity index (χ1v) is 9.63. The first-order valence-electron chi connectivity index (χ1n) is 9.63. The molecule has 1 aromatic carbocycles. The van der Waals surface area contributed by atoms with E-state index in [1.807, 2.05) is 0 Å². The number of likely N-dealkylation sites (N-methyl/N-ethyl adjacent to an activating group) is 1. The summed E-state index contributed by atoms with van der Waals surface area (Å²) >= 11 is 0. The van der Waals surface area contributed by atoms with Crippen molar-refractivity contribution in [3.05, 3.63) is 29.8 Å². The van der Waals surface area contributed by atoms with E-state index in [1.165, 1.54) is 25.3 Å². The molecule has 0 saturated heterocycles. The maximum Gasteiger partial charge on any atom is 0.387 e. The fraction of sp³-hybridized carbons (Fsp3) is 0.571. The molecule has 0 N–H and O–H groups in total. The Balaban J connectivity index is 2.98. The number of halogens is 2. The molecule has 0 aliphatic heterocycles. The number of nitrogens with zero attached hydrogens (tertiary/aromatic N) is 2. The van der Waals surface area contributed by atoms with Crippen molar-refractivity contribution in [2.45, 2.75) is 34.3 Å². The number of carbonyl (C=O) groups excluding carboxylic acids is 1. The average Bonchev–Trinajstić information content (AvgIpc) is 2.65. The minimum Gasteiger partial charge on any atom is -0.493 e. The molecule has 28 heavy (non-hydrogen) atoms. The zero-order chi connectivity index (χ0) is 21.1. The SMILES string of the molecule is CCN(CC)CCN(CC(C)C)C(=O)/C=C/c1cccc(OC)c1OC(F)F. The lowest BCUT2D eigenvalue weighted by Crippen LogP contribution is -2.39. The van der Waals surface area contributed by atoms with Gasteiger partial charge in [-0.2, -0.15) is 8.78 Å². The van der Waals surface area contributed by atoms with Crippen LogP contribution in [0.4, 0.5) is 8.78 Å². The Labute approximate surface area is 166 Å². The van der Waals surface area contributed by atoms with Crippen LogP contribution in [0.15, 0.2) is 24.3 Å². The second-order valence-electron chi connectivity index (χ2n) is 6.80. The molecule has 0 saturated carbocycles. The molecule has 1 amide bonds. The number of benzene rings is 1. The van der Waals surface area contributed by atoms with Crippen LogP contribution in [0, 0.1) is 5.92 Å². The van der Waals surface area contributed by atoms with E-state index < -0.39 is 6.61 Å². The predicted molar refractivity (Wildman–Crippen MR) is 108 cm³/mol. The lowest BCUT2D eigenvalue weighted by Gasteiger charge is -2.27. The van der Waals surface area contributed by atoms with Gasteiger partial charge in [0.1, 0.15) is 0 Å². The van der Waals surface area contributed by atoms with E-state index in [4.69, 9.17) is 4.74 Å². The first-order chi connectivity index (χ1) is 13.3. The van der Waals surface area contributed by atoms with Crippen molar-refractivity contribution in [3.8, 4) is 11.5 Å². The Morgan fingerprint density at radius 1 is 1.18 bits per heavy atom. The van der Waals surface area contributed by atoms with Crippen LogP contribution in [-0.2, 0) is 4.79 Å². The number of ether oxygens (including phenoxy) is 2. The number of hydrogen-bond acceptors (Lipinski definition) is 4. The molecule has 5 nitrogen and oxygen atoms in total. The number of carbonyl (C=O) groups is 1. The summed E-state index contributed by atoms with van der Waals surface area (Å²) in [5, 5.41) is 0. The molecular weight excluding hydrogens is 366 g/mol. The van der Waals surface area contributed by atoms with Crippen molar-refractivity contribution in [3.63, 3.8) is 0 Å². The number of amides is 1. The van der Waals surface area contributed by atoms with E-state index in [-0.39, 0.29) is 17.4 Å². The van der Waals surface area contributed by atoms with E-state index in [0.29, 0.717) is 24.6 Å². The van der Waals surface area contributed by atoms with Crippen molar-refractivity contribution in [1.29, 1.82) is 0 Å². The number of para-hydroxylation sites is 1. The summed E-state index contributed by atoms with van der Waals surface area (Å²) in [5.74, 6) is 0.272. The molecule has 0 aliphatic carbocycles. The minimum absolute atomic E-state index is 0.0809. The van der Waals surface area contributed by atoms with Gasteiger partial charge in [0.15, 0.2) is 11.5 Å². The number of rotatable bonds is 12. The maximum atomic E-state index is 12.7. The maximum absolute atomic E-state index is 12.7. The fourth-order valence-electron chi connectivity index (χ4n) is 2.84. The van der Waals surface area contributed by atoms with Gasteiger partial charge < -0.3 is 19.3 Å². The van der Waals surface area contributed by atoms with Gasteiger partial charge >= 0.3 is 6.61 Å². The van der Waals surface area contributed by atoms with E-state index >= 15 is 0 Å². The van der Waals surface area contributed by atoms with Crippen LogP contribution < -0.4 is 9.47 Å². The molecule has 1 aromatic rings. The molecule has 0 fully saturated rings. The topological polar surface area (TPSA) is 42.0 Å². The highest BCUT2D eigenvalue weighted by molar-refractivity contribution is 5.92. The summed E-state index contributed by atoms with van der Waals surface area (Å²) in [7, 11) is 1.38. The lowest BCUT2D eigenvalue weighted by atomic mass is 10.1. The van der Waals surface area contributed by atoms with Crippen LogP contribution in [0.1, 0.15) is 33.3 Å². The quantitative estimate of drug-likeness (QED) is 0.497. The molecule has 158 valence electrons. The largest absolute Gasteiger partial charge is 0.493 e. The monoisotopic (exact) mass is 398 g/mol. The number of hydrogen-bond donors (Lipinski definition) is 0. The normalized spacial score (nSPS) is 11.6. The lowest BCUT2D eigenvalue weighted by molar-refractivity contribution is -0.126. The molecule has 0 spiro atoms. The second kappa shape index (κ2) is 12.3. The van der Waals surface area contributed by atoms with E-state index in [2.05, 4.69) is 37.3 Å². The van der Waals surface area contributed by atoms with Gasteiger partial charge in [-0.1, -0.05) is 39.8 Å². The second-order valence-corrected chi connectivity index (χ2v) is 6.80. The summed E-state index contributed by atoms with van der Waals surface area (Å²) in [5.41, 5.74) is 0.362. The van der Waals surface area contributed by atoms with Crippen LogP contribution in [0.2, 0.25) is 0 Å². The third-order valence-electron chi connectivity index (χ3n) is 4.32. The van der Waals surface area contributed by atoms with Crippen LogP contribution >= 0.6 is 0 Å². The van der Waals surface area contributed by atoms with Crippen molar-refractivity contribution in [2.75, 3.05) is 39.8 Å². The fourth-order valence-corrected chi connectivity index (χ4v) is 2.84. The van der Waals surface area contributed by atoms with Crippen LogP contribution in [-0.4, -0.2) is 62.2 Å². The van der Waals surface area contributed by atoms with Crippen LogP contribution in [0.3, 0.4) is 0 Å². The molecule has 0 heterocycles. The van der Waals surface area contributed by atoms with Gasteiger partial charge in [0.05, 0.1) is 7.11 Å². The summed E-state index contributed by atoms with van der Waals surface area (Å²) in [6.07, 6.45) is 2.89. The van der Waals surface area contributed by atoms with Crippen molar-refractivity contribution < 1.29 is 23.0 Å². The molecule has 0 aromatic heterocycles. The van der Waals surface area contributed by atoms with Gasteiger partial charge in [0.2, 0.25) is 5.91 Å². The molecule has 1 rings (SSSR count). The van der Waals surface area contributed by atoms with Gasteiger partial charge in [-0.15, -0.1) is 0 Å². The van der Waals surface area contributed by atoms with Crippen LogP contribution in [0.5, 0.6) is 11.5 Å². The Bertz CT molecular complexity index is 632.